The third kappa shape index (κ3) is 5.05. The normalized spacial score (nSPS) is 10.8. The molecule has 4 aromatic carbocycles. The number of Topliss-reactive ketones (excluding diaryl/α,β-unsaturated/α-hetero) is 1. The number of hydrogen-bond donors (Lipinski definition) is 0. The number of carbonyl (C=O) groups excluding carboxylic acids is 1. The lowest BCUT2D eigenvalue weighted by Gasteiger charge is -2.12. The molecular formula is C29H22ClN3O2S. The average Bonchev–Trinajstić information content (AvgIpc) is 3.36. The smallest absolute Gasteiger partial charge is 0.196 e. The molecule has 5 nitrogen and oxygen atoms in total. The van der Waals surface area contributed by atoms with E-state index in [2.05, 4.69) is 22.3 Å². The highest BCUT2D eigenvalue weighted by Gasteiger charge is 2.20. The van der Waals surface area contributed by atoms with Gasteiger partial charge in [-0.1, -0.05) is 90.1 Å². The van der Waals surface area contributed by atoms with Crippen LogP contribution in [0.25, 0.3) is 28.2 Å². The van der Waals surface area contributed by atoms with Crippen LogP contribution in [0.3, 0.4) is 0 Å². The van der Waals surface area contributed by atoms with E-state index in [1.165, 1.54) is 11.8 Å². The van der Waals surface area contributed by atoms with Gasteiger partial charge in [0.15, 0.2) is 16.8 Å². The molecule has 0 aliphatic heterocycles. The molecule has 0 unspecified atom stereocenters. The molecule has 36 heavy (non-hydrogen) atoms. The molecule has 5 aromatic rings. The molecule has 1 aromatic heterocycles. The van der Waals surface area contributed by atoms with E-state index in [4.69, 9.17) is 16.3 Å². The summed E-state index contributed by atoms with van der Waals surface area (Å²) >= 11 is 7.47. The predicted octanol–water partition coefficient (Wildman–Crippen LogP) is 7.24. The summed E-state index contributed by atoms with van der Waals surface area (Å²) in [5.41, 5.74) is 4.49. The number of thioether (sulfide) groups is 1. The van der Waals surface area contributed by atoms with Crippen molar-refractivity contribution in [3.63, 3.8) is 0 Å². The van der Waals surface area contributed by atoms with Crippen molar-refractivity contribution in [2.45, 2.75) is 5.16 Å². The third-order valence-electron chi connectivity index (χ3n) is 5.71. The Morgan fingerprint density at radius 3 is 2.22 bits per heavy atom. The summed E-state index contributed by atoms with van der Waals surface area (Å²) in [7, 11) is 1.62. The lowest BCUT2D eigenvalue weighted by Crippen LogP contribution is -2.05. The van der Waals surface area contributed by atoms with Crippen molar-refractivity contribution in [3.8, 4) is 34.0 Å². The quantitative estimate of drug-likeness (QED) is 0.162. The van der Waals surface area contributed by atoms with Gasteiger partial charge in [0.2, 0.25) is 0 Å². The van der Waals surface area contributed by atoms with Gasteiger partial charge in [0.25, 0.3) is 0 Å². The molecule has 0 saturated carbocycles. The van der Waals surface area contributed by atoms with Crippen molar-refractivity contribution in [1.82, 2.24) is 14.8 Å². The summed E-state index contributed by atoms with van der Waals surface area (Å²) in [6, 6.07) is 32.9. The number of hydrogen-bond acceptors (Lipinski definition) is 5. The second-order valence-corrected chi connectivity index (χ2v) is 9.35. The highest BCUT2D eigenvalue weighted by molar-refractivity contribution is 7.99. The van der Waals surface area contributed by atoms with Crippen LogP contribution in [0.5, 0.6) is 5.75 Å². The first-order chi connectivity index (χ1) is 17.6. The van der Waals surface area contributed by atoms with E-state index >= 15 is 0 Å². The fourth-order valence-corrected chi connectivity index (χ4v) is 4.86. The minimum atomic E-state index is 0.0177. The van der Waals surface area contributed by atoms with Gasteiger partial charge in [-0.3, -0.25) is 9.36 Å². The first-order valence-electron chi connectivity index (χ1n) is 11.3. The largest absolute Gasteiger partial charge is 0.496 e. The zero-order chi connectivity index (χ0) is 24.9. The van der Waals surface area contributed by atoms with Gasteiger partial charge in [0, 0.05) is 16.3 Å². The average molecular weight is 512 g/mol. The lowest BCUT2D eigenvalue weighted by atomic mass is 10.0. The second kappa shape index (κ2) is 10.8. The molecule has 5 rings (SSSR count). The van der Waals surface area contributed by atoms with E-state index in [0.717, 1.165) is 22.4 Å². The van der Waals surface area contributed by atoms with Crippen molar-refractivity contribution in [2.75, 3.05) is 12.9 Å². The zero-order valence-corrected chi connectivity index (χ0v) is 21.0. The van der Waals surface area contributed by atoms with Gasteiger partial charge in [0.05, 0.1) is 18.4 Å². The third-order valence-corrected chi connectivity index (χ3v) is 6.89. The Hall–Kier alpha value is -3.87. The number of carbonyl (C=O) groups is 1. The molecule has 7 heteroatoms. The molecule has 0 radical (unpaired) electrons. The van der Waals surface area contributed by atoms with Crippen LogP contribution in [0, 0.1) is 0 Å². The number of methoxy groups -OCH3 is 1. The summed E-state index contributed by atoms with van der Waals surface area (Å²) in [4.78, 5) is 13.0. The molecule has 0 saturated heterocycles. The minimum Gasteiger partial charge on any atom is -0.496 e. The number of nitrogens with zero attached hydrogens (tertiary/aromatic N) is 3. The number of benzene rings is 4. The van der Waals surface area contributed by atoms with Crippen molar-refractivity contribution < 1.29 is 9.53 Å². The first kappa shape index (κ1) is 23.9. The molecule has 0 N–H and O–H groups in total. The maximum absolute atomic E-state index is 13.0. The van der Waals surface area contributed by atoms with E-state index in [9.17, 15) is 4.79 Å². The van der Waals surface area contributed by atoms with Crippen LogP contribution in [0.15, 0.2) is 108 Å². The maximum atomic E-state index is 13.0. The Bertz CT molecular complexity index is 1480. The summed E-state index contributed by atoms with van der Waals surface area (Å²) in [5, 5.41) is 10.1. The van der Waals surface area contributed by atoms with Crippen molar-refractivity contribution in [2.24, 2.45) is 0 Å². The van der Waals surface area contributed by atoms with E-state index in [0.29, 0.717) is 27.3 Å². The monoisotopic (exact) mass is 511 g/mol. The SMILES string of the molecule is COc1ccccc1-c1nnc(SCC(=O)c2ccc(-c3ccccc3)cc2)n1-c1ccc(Cl)cc1. The Kier molecular flexibility index (Phi) is 7.16. The fourth-order valence-electron chi connectivity index (χ4n) is 3.88. The highest BCUT2D eigenvalue weighted by Crippen LogP contribution is 2.33. The van der Waals surface area contributed by atoms with Crippen LogP contribution < -0.4 is 4.74 Å². The van der Waals surface area contributed by atoms with Crippen LogP contribution in [0.4, 0.5) is 0 Å². The van der Waals surface area contributed by atoms with Gasteiger partial charge in [0.1, 0.15) is 5.75 Å². The van der Waals surface area contributed by atoms with Crippen LogP contribution in [-0.2, 0) is 0 Å². The molecular weight excluding hydrogens is 490 g/mol. The van der Waals surface area contributed by atoms with Gasteiger partial charge in [-0.15, -0.1) is 10.2 Å². The number of halogens is 1. The highest BCUT2D eigenvalue weighted by atomic mass is 35.5. The molecule has 0 aliphatic rings. The van der Waals surface area contributed by atoms with Gasteiger partial charge >= 0.3 is 0 Å². The van der Waals surface area contributed by atoms with Crippen LogP contribution >= 0.6 is 23.4 Å². The Morgan fingerprint density at radius 2 is 1.50 bits per heavy atom. The van der Waals surface area contributed by atoms with Gasteiger partial charge in [-0.2, -0.15) is 0 Å². The fraction of sp³-hybridized carbons (Fsp3) is 0.0690. The van der Waals surface area contributed by atoms with E-state index in [1.54, 1.807) is 7.11 Å². The lowest BCUT2D eigenvalue weighted by molar-refractivity contribution is 0.102. The van der Waals surface area contributed by atoms with Crippen molar-refractivity contribution in [1.29, 1.82) is 0 Å². The molecule has 178 valence electrons. The van der Waals surface area contributed by atoms with E-state index in [-0.39, 0.29) is 11.5 Å². The maximum Gasteiger partial charge on any atom is 0.196 e. The van der Waals surface area contributed by atoms with E-state index in [1.807, 2.05) is 95.6 Å². The van der Waals surface area contributed by atoms with Crippen LogP contribution in [-0.4, -0.2) is 33.4 Å². The first-order valence-corrected chi connectivity index (χ1v) is 12.7. The molecule has 0 atom stereocenters. The summed E-state index contributed by atoms with van der Waals surface area (Å²) in [6.07, 6.45) is 0. The Morgan fingerprint density at radius 1 is 0.833 bits per heavy atom. The summed E-state index contributed by atoms with van der Waals surface area (Å²) < 4.78 is 7.47. The molecule has 0 amide bonds. The number of rotatable bonds is 8. The summed E-state index contributed by atoms with van der Waals surface area (Å²) in [6.45, 7) is 0. The number of para-hydroxylation sites is 1. The zero-order valence-electron chi connectivity index (χ0n) is 19.5. The summed E-state index contributed by atoms with van der Waals surface area (Å²) in [5.74, 6) is 1.55. The van der Waals surface area contributed by atoms with Gasteiger partial charge < -0.3 is 4.74 Å². The predicted molar refractivity (Wildman–Crippen MR) is 145 cm³/mol. The number of ketones is 1. The van der Waals surface area contributed by atoms with Crippen molar-refractivity contribution in [3.05, 3.63) is 114 Å². The van der Waals surface area contributed by atoms with E-state index < -0.39 is 0 Å². The molecule has 0 fully saturated rings. The van der Waals surface area contributed by atoms with Crippen LogP contribution in [0.1, 0.15) is 10.4 Å². The van der Waals surface area contributed by atoms with Crippen LogP contribution in [0.2, 0.25) is 5.02 Å². The molecule has 1 heterocycles. The molecule has 0 bridgehead atoms. The minimum absolute atomic E-state index is 0.0177. The number of ether oxygens (including phenoxy) is 1. The number of aromatic nitrogens is 3. The molecule has 0 aliphatic carbocycles. The topological polar surface area (TPSA) is 57.0 Å². The molecule has 0 spiro atoms. The van der Waals surface area contributed by atoms with Gasteiger partial charge in [-0.05, 0) is 47.5 Å². The van der Waals surface area contributed by atoms with Crippen molar-refractivity contribution >= 4 is 29.1 Å². The standard InChI is InChI=1S/C29H22ClN3O2S/c1-35-27-10-6-5-9-25(27)28-31-32-29(33(28)24-17-15-23(30)16-18-24)36-19-26(34)22-13-11-21(12-14-22)20-7-3-2-4-8-20/h2-18H,19H2,1H3. The van der Waals surface area contributed by atoms with Gasteiger partial charge in [-0.25, -0.2) is 0 Å². The Labute approximate surface area is 218 Å². The Balaban J connectivity index is 1.42. The second-order valence-electron chi connectivity index (χ2n) is 7.97.